The highest BCUT2D eigenvalue weighted by Gasteiger charge is 2.18. The van der Waals surface area contributed by atoms with Crippen molar-refractivity contribution in [1.29, 1.82) is 0 Å². The Kier molecular flexibility index (Phi) is 7.64. The molecule has 0 saturated heterocycles. The minimum Gasteiger partial charge on any atom is -0.493 e. The van der Waals surface area contributed by atoms with Crippen LogP contribution < -0.4 is 19.6 Å². The molecular weight excluding hydrogens is 429 g/mol. The number of ether oxygens (including phenoxy) is 2. The maximum absolute atomic E-state index is 12.3. The van der Waals surface area contributed by atoms with Crippen LogP contribution in [0.1, 0.15) is 5.56 Å². The molecule has 0 unspecified atom stereocenters. The van der Waals surface area contributed by atoms with E-state index in [0.29, 0.717) is 21.4 Å². The zero-order valence-electron chi connectivity index (χ0n) is 14.9. The van der Waals surface area contributed by atoms with Gasteiger partial charge in [-0.15, -0.1) is 0 Å². The van der Waals surface area contributed by atoms with E-state index in [-0.39, 0.29) is 10.6 Å². The van der Waals surface area contributed by atoms with Crippen LogP contribution in [0.3, 0.4) is 0 Å². The second-order valence-electron chi connectivity index (χ2n) is 5.30. The maximum atomic E-state index is 12.3. The summed E-state index contributed by atoms with van der Waals surface area (Å²) in [6, 6.07) is 8.85. The fourth-order valence-corrected chi connectivity index (χ4v) is 3.50. The molecule has 2 aromatic rings. The Labute approximate surface area is 172 Å². The van der Waals surface area contributed by atoms with Crippen LogP contribution in [0, 0.1) is 0 Å². The van der Waals surface area contributed by atoms with E-state index in [9.17, 15) is 13.2 Å². The van der Waals surface area contributed by atoms with Gasteiger partial charge in [0.1, 0.15) is 0 Å². The lowest BCUT2D eigenvalue weighted by Gasteiger charge is -2.10. The highest BCUT2D eigenvalue weighted by atomic mass is 35.5. The molecule has 8 nitrogen and oxygen atoms in total. The number of hydrogen-bond acceptors (Lipinski definition) is 6. The van der Waals surface area contributed by atoms with Crippen molar-refractivity contribution in [2.45, 2.75) is 4.90 Å². The summed E-state index contributed by atoms with van der Waals surface area (Å²) in [7, 11) is -1.11. The van der Waals surface area contributed by atoms with E-state index in [1.165, 1.54) is 44.7 Å². The van der Waals surface area contributed by atoms with Crippen molar-refractivity contribution < 1.29 is 22.7 Å². The predicted octanol–water partition coefficient (Wildman–Crippen LogP) is 2.44. The van der Waals surface area contributed by atoms with E-state index in [1.54, 1.807) is 12.1 Å². The molecule has 2 aromatic carbocycles. The van der Waals surface area contributed by atoms with Gasteiger partial charge in [0.15, 0.2) is 11.5 Å². The van der Waals surface area contributed by atoms with E-state index >= 15 is 0 Å². The fourth-order valence-electron chi connectivity index (χ4n) is 2.05. The highest BCUT2D eigenvalue weighted by Crippen LogP contribution is 2.29. The lowest BCUT2D eigenvalue weighted by molar-refractivity contribution is -0.119. The Morgan fingerprint density at radius 2 is 1.82 bits per heavy atom. The minimum absolute atomic E-state index is 0.0746. The molecule has 2 N–H and O–H groups in total. The molecule has 0 aliphatic rings. The second-order valence-corrected chi connectivity index (χ2v) is 7.91. The Morgan fingerprint density at radius 1 is 1.11 bits per heavy atom. The van der Waals surface area contributed by atoms with Gasteiger partial charge in [0.2, 0.25) is 10.0 Å². The van der Waals surface area contributed by atoms with Crippen LogP contribution in [0.5, 0.6) is 11.5 Å². The van der Waals surface area contributed by atoms with Crippen LogP contribution in [-0.2, 0) is 14.8 Å². The average molecular weight is 446 g/mol. The van der Waals surface area contributed by atoms with Crippen LogP contribution >= 0.6 is 23.2 Å². The molecule has 2 rings (SSSR count). The zero-order valence-corrected chi connectivity index (χ0v) is 17.2. The number of carbonyl (C=O) groups excluding carboxylic acids is 1. The summed E-state index contributed by atoms with van der Waals surface area (Å²) >= 11 is 11.8. The van der Waals surface area contributed by atoms with Gasteiger partial charge in [-0.3, -0.25) is 4.79 Å². The third-order valence-corrected chi connectivity index (χ3v) is 5.40. The largest absolute Gasteiger partial charge is 0.493 e. The number of nitrogens with one attached hydrogen (secondary N) is 2. The summed E-state index contributed by atoms with van der Waals surface area (Å²) in [5, 5.41) is 4.56. The van der Waals surface area contributed by atoms with Crippen molar-refractivity contribution in [3.63, 3.8) is 0 Å². The Morgan fingerprint density at radius 3 is 2.46 bits per heavy atom. The van der Waals surface area contributed by atoms with E-state index in [1.807, 2.05) is 0 Å². The molecule has 0 fully saturated rings. The third kappa shape index (κ3) is 5.83. The maximum Gasteiger partial charge on any atom is 0.255 e. The molecule has 0 atom stereocenters. The monoisotopic (exact) mass is 445 g/mol. The standard InChI is InChI=1S/C17H17Cl2N3O5S/c1-26-15-6-5-13(8-16(15)27-2)28(24,25)21-10-17(23)22-20-9-11-3-4-12(18)7-14(11)19/h3-9,21H,10H2,1-2H3,(H,22,23)/b20-9-. The molecule has 28 heavy (non-hydrogen) atoms. The normalized spacial score (nSPS) is 11.4. The van der Waals surface area contributed by atoms with Gasteiger partial charge in [-0.2, -0.15) is 5.10 Å². The van der Waals surface area contributed by atoms with Gasteiger partial charge in [-0.25, -0.2) is 18.6 Å². The average Bonchev–Trinajstić information content (AvgIpc) is 2.67. The molecule has 150 valence electrons. The SMILES string of the molecule is COc1ccc(S(=O)(=O)NCC(=O)N/N=C\c2ccc(Cl)cc2Cl)cc1OC. The summed E-state index contributed by atoms with van der Waals surface area (Å²) in [4.78, 5) is 11.7. The van der Waals surface area contributed by atoms with Gasteiger partial charge in [-0.1, -0.05) is 29.3 Å². The van der Waals surface area contributed by atoms with Gasteiger partial charge in [-0.05, 0) is 24.3 Å². The summed E-state index contributed by atoms with van der Waals surface area (Å²) in [6.07, 6.45) is 1.32. The number of halogens is 2. The lowest BCUT2D eigenvalue weighted by Crippen LogP contribution is -2.34. The van der Waals surface area contributed by atoms with E-state index in [4.69, 9.17) is 32.7 Å². The molecule has 0 bridgehead atoms. The van der Waals surface area contributed by atoms with Gasteiger partial charge in [0.05, 0.1) is 36.9 Å². The topological polar surface area (TPSA) is 106 Å². The van der Waals surface area contributed by atoms with Crippen LogP contribution in [0.4, 0.5) is 0 Å². The molecular formula is C17H17Cl2N3O5S. The Balaban J connectivity index is 1.96. The zero-order chi connectivity index (χ0) is 20.7. The van der Waals surface area contributed by atoms with Crippen molar-refractivity contribution in [3.05, 3.63) is 52.0 Å². The quantitative estimate of drug-likeness (QED) is 0.479. The van der Waals surface area contributed by atoms with Crippen molar-refractivity contribution in [1.82, 2.24) is 10.1 Å². The van der Waals surface area contributed by atoms with E-state index in [2.05, 4.69) is 15.2 Å². The lowest BCUT2D eigenvalue weighted by atomic mass is 10.2. The van der Waals surface area contributed by atoms with Crippen molar-refractivity contribution in [3.8, 4) is 11.5 Å². The smallest absolute Gasteiger partial charge is 0.255 e. The first-order valence-corrected chi connectivity index (χ1v) is 9.99. The van der Waals surface area contributed by atoms with Crippen LogP contribution in [0.2, 0.25) is 10.0 Å². The first kappa shape index (κ1) is 22.0. The third-order valence-electron chi connectivity index (χ3n) is 3.44. The van der Waals surface area contributed by atoms with Gasteiger partial charge < -0.3 is 9.47 Å². The molecule has 0 radical (unpaired) electrons. The van der Waals surface area contributed by atoms with Crippen molar-refractivity contribution >= 4 is 45.3 Å². The van der Waals surface area contributed by atoms with Gasteiger partial charge >= 0.3 is 0 Å². The highest BCUT2D eigenvalue weighted by molar-refractivity contribution is 7.89. The number of benzene rings is 2. The second kappa shape index (κ2) is 9.74. The summed E-state index contributed by atoms with van der Waals surface area (Å²) in [5.41, 5.74) is 2.74. The summed E-state index contributed by atoms with van der Waals surface area (Å²) in [5.74, 6) is -0.0287. The molecule has 0 aliphatic heterocycles. The first-order chi connectivity index (χ1) is 13.3. The number of nitrogens with zero attached hydrogens (tertiary/aromatic N) is 1. The fraction of sp³-hybridized carbons (Fsp3) is 0.176. The number of rotatable bonds is 8. The Bertz CT molecular complexity index is 996. The van der Waals surface area contributed by atoms with Crippen LogP contribution in [0.25, 0.3) is 0 Å². The number of sulfonamides is 1. The molecule has 0 heterocycles. The first-order valence-electron chi connectivity index (χ1n) is 7.75. The van der Waals surface area contributed by atoms with Crippen LogP contribution in [-0.4, -0.2) is 41.3 Å². The number of carbonyl (C=O) groups is 1. The number of methoxy groups -OCH3 is 2. The molecule has 0 aromatic heterocycles. The van der Waals surface area contributed by atoms with E-state index < -0.39 is 22.5 Å². The van der Waals surface area contributed by atoms with Crippen molar-refractivity contribution in [2.24, 2.45) is 5.10 Å². The van der Waals surface area contributed by atoms with Gasteiger partial charge in [0.25, 0.3) is 5.91 Å². The number of hydrazone groups is 1. The van der Waals surface area contributed by atoms with Crippen molar-refractivity contribution in [2.75, 3.05) is 20.8 Å². The number of hydrogen-bond donors (Lipinski definition) is 2. The summed E-state index contributed by atoms with van der Waals surface area (Å²) < 4.78 is 37.0. The molecule has 0 aliphatic carbocycles. The van der Waals surface area contributed by atoms with E-state index in [0.717, 1.165) is 0 Å². The molecule has 1 amide bonds. The molecule has 11 heteroatoms. The predicted molar refractivity (Wildman–Crippen MR) is 107 cm³/mol. The summed E-state index contributed by atoms with van der Waals surface area (Å²) in [6.45, 7) is -0.512. The molecule has 0 saturated carbocycles. The number of amides is 1. The van der Waals surface area contributed by atoms with Gasteiger partial charge in [0, 0.05) is 16.7 Å². The minimum atomic E-state index is -3.94. The van der Waals surface area contributed by atoms with Crippen LogP contribution in [0.15, 0.2) is 46.4 Å². The Hall–Kier alpha value is -2.33. The molecule has 0 spiro atoms.